The number of unbranched alkanes of at least 4 members (excludes halogenated alkanes) is 1. The number of Topliss-reactive ketones (excluding diaryl/α,β-unsaturated/α-hetero) is 1. The topological polar surface area (TPSA) is 234 Å². The van der Waals surface area contributed by atoms with Crippen molar-refractivity contribution in [2.75, 3.05) is 26.2 Å². The number of aliphatic hydroxyl groups is 3. The Kier molecular flexibility index (Phi) is 15.0. The van der Waals surface area contributed by atoms with Crippen molar-refractivity contribution in [1.82, 2.24) is 10.2 Å². The molecule has 65 heavy (non-hydrogen) atoms. The van der Waals surface area contributed by atoms with E-state index in [1.807, 2.05) is 0 Å². The van der Waals surface area contributed by atoms with Crippen molar-refractivity contribution in [2.45, 2.75) is 166 Å². The fourth-order valence-corrected chi connectivity index (χ4v) is 11.1. The number of alkyl carbamates (subject to hydrolysis) is 1. The average molecular weight is 931 g/mol. The summed E-state index contributed by atoms with van der Waals surface area (Å²) in [5.41, 5.74) is -8.53. The molecule has 18 heteroatoms. The van der Waals surface area contributed by atoms with Gasteiger partial charge in [0, 0.05) is 31.6 Å². The minimum atomic E-state index is -2.37. The Morgan fingerprint density at radius 1 is 1.00 bits per heavy atom. The summed E-state index contributed by atoms with van der Waals surface area (Å²) in [6.45, 7) is 14.6. The van der Waals surface area contributed by atoms with Gasteiger partial charge in [0.15, 0.2) is 11.4 Å². The van der Waals surface area contributed by atoms with E-state index < -0.39 is 118 Å². The number of ketones is 1. The van der Waals surface area contributed by atoms with Crippen LogP contribution in [0.5, 0.6) is 0 Å². The number of ether oxygens (including phenoxy) is 6. The maximum atomic E-state index is 15.1. The number of aliphatic hydroxyl groups excluding tert-OH is 2. The number of fused-ring (bicyclic) bond motifs is 5. The first kappa shape index (κ1) is 50.4. The summed E-state index contributed by atoms with van der Waals surface area (Å²) >= 11 is 0. The maximum absolute atomic E-state index is 15.1. The smallest absolute Gasteiger partial charge is 0.408 e. The maximum Gasteiger partial charge on any atom is 0.408 e. The molecule has 0 aromatic heterocycles. The van der Waals surface area contributed by atoms with Crippen molar-refractivity contribution in [3.8, 4) is 0 Å². The van der Waals surface area contributed by atoms with Gasteiger partial charge in [-0.15, -0.1) is 9.24 Å². The molecule has 4 N–H and O–H groups in total. The largest absolute Gasteiger partial charge is 0.455 e. The summed E-state index contributed by atoms with van der Waals surface area (Å²) in [5.74, 6) is -7.30. The van der Waals surface area contributed by atoms with Crippen LogP contribution in [-0.4, -0.2) is 141 Å². The van der Waals surface area contributed by atoms with Crippen molar-refractivity contribution in [2.24, 2.45) is 16.7 Å². The molecular formula is C47H67N2O15P. The van der Waals surface area contributed by atoms with Gasteiger partial charge in [-0.1, -0.05) is 38.5 Å². The van der Waals surface area contributed by atoms with Crippen LogP contribution in [0.15, 0.2) is 41.5 Å². The summed E-state index contributed by atoms with van der Waals surface area (Å²) in [7, 11) is 2.26. The second-order valence-corrected chi connectivity index (χ2v) is 20.8. The molecular weight excluding hydrogens is 863 g/mol. The van der Waals surface area contributed by atoms with E-state index in [1.165, 1.54) is 32.4 Å². The molecule has 1 aromatic carbocycles. The second-order valence-electron chi connectivity index (χ2n) is 20.0. The van der Waals surface area contributed by atoms with Gasteiger partial charge in [0.2, 0.25) is 6.10 Å². The Balaban J connectivity index is 1.40. The van der Waals surface area contributed by atoms with Crippen LogP contribution in [0.25, 0.3) is 0 Å². The number of benzene rings is 1. The zero-order valence-electron chi connectivity index (χ0n) is 38.8. The molecule has 1 amide bonds. The molecule has 2 heterocycles. The van der Waals surface area contributed by atoms with Crippen LogP contribution in [-0.2, 0) is 47.6 Å². The van der Waals surface area contributed by atoms with Gasteiger partial charge in [0.05, 0.1) is 35.4 Å². The molecule has 1 aromatic rings. The van der Waals surface area contributed by atoms with E-state index in [4.69, 9.17) is 28.4 Å². The summed E-state index contributed by atoms with van der Waals surface area (Å²) in [5, 5.41) is 40.3. The molecule has 0 radical (unpaired) electrons. The molecule has 2 unspecified atom stereocenters. The molecule has 5 aliphatic rings. The standard InChI is InChI=1S/C47H67N2O15P/c1-26-29(60-41(56)35(39(65)48-42(57)64-43(3,4)5)61-32(52)19-13-16-22-49-20-14-10-15-21-49)24-47(58)38(62-40(55)28-17-11-9-12-18-28)36-45(8,37(54)34(53)33(26)44(47,6)7)30(51)23-31-46(36,25-59-31)63-27(2)50/h9,11-12,17-18,29-31,34-36,38-39,51,53,58H,10,13-16,19-25,65H2,1-8H3,(H,48,57)/t29-,30-,31+,34+,35+,36?,38-,39-,45+,46-,47+/m0/s1. The summed E-state index contributed by atoms with van der Waals surface area (Å²) < 4.78 is 35.6. The predicted molar refractivity (Wildman–Crippen MR) is 236 cm³/mol. The van der Waals surface area contributed by atoms with Gasteiger partial charge in [0.1, 0.15) is 35.6 Å². The number of nitrogens with zero attached hydrogens (tertiary/aromatic N) is 1. The first-order valence-corrected chi connectivity index (χ1v) is 23.3. The van der Waals surface area contributed by atoms with Crippen molar-refractivity contribution in [3.63, 3.8) is 0 Å². The van der Waals surface area contributed by atoms with Crippen LogP contribution >= 0.6 is 9.24 Å². The molecule has 12 atom stereocenters. The lowest BCUT2D eigenvalue weighted by Gasteiger charge is -2.67. The lowest BCUT2D eigenvalue weighted by atomic mass is 9.44. The van der Waals surface area contributed by atoms with E-state index >= 15 is 4.79 Å². The number of amides is 1. The van der Waals surface area contributed by atoms with E-state index in [9.17, 15) is 39.3 Å². The van der Waals surface area contributed by atoms with Gasteiger partial charge in [-0.3, -0.25) is 14.4 Å². The number of likely N-dealkylation sites (tertiary alicyclic amines) is 1. The molecule has 6 rings (SSSR count). The number of nitrogens with one attached hydrogen (secondary N) is 1. The quantitative estimate of drug-likeness (QED) is 0.0722. The number of rotatable bonds is 13. The minimum absolute atomic E-state index is 0.0363. The Morgan fingerprint density at radius 3 is 2.26 bits per heavy atom. The summed E-state index contributed by atoms with van der Waals surface area (Å²) in [6.07, 6.45) is -6.67. The first-order valence-electron chi connectivity index (χ1n) is 22.7. The van der Waals surface area contributed by atoms with E-state index in [-0.39, 0.29) is 36.2 Å². The lowest BCUT2D eigenvalue weighted by molar-refractivity contribution is -0.346. The predicted octanol–water partition coefficient (Wildman–Crippen LogP) is 3.93. The highest BCUT2D eigenvalue weighted by Gasteiger charge is 2.78. The molecule has 360 valence electrons. The summed E-state index contributed by atoms with van der Waals surface area (Å²) in [6, 6.07) is 7.88. The Labute approximate surface area is 382 Å². The van der Waals surface area contributed by atoms with Crippen molar-refractivity contribution < 1.29 is 72.5 Å². The Hall–Kier alpha value is -3.99. The number of esters is 4. The van der Waals surface area contributed by atoms with Crippen molar-refractivity contribution >= 4 is 45.0 Å². The van der Waals surface area contributed by atoms with Gasteiger partial charge in [-0.2, -0.15) is 0 Å². The molecule has 2 bridgehead atoms. The lowest BCUT2D eigenvalue weighted by Crippen LogP contribution is -2.81. The Bertz CT molecular complexity index is 2020. The SMILES string of the molecule is CC(=O)O[C@@]12CO[C@@H]1C[C@H](O)[C@@]1(C)C(=O)[C@H](O)C3=C(C)[C@@H](OC(=O)[C@H](OC(=O)CCCCN4CCCCC4)[C@H](P)NC(=O)OC(C)(C)C)C[C@@](O)([C@@H](OC(=O)c4ccccc4)C12)C3(C)C. The molecule has 0 spiro atoms. The van der Waals surface area contributed by atoms with Crippen molar-refractivity contribution in [1.29, 1.82) is 0 Å². The van der Waals surface area contributed by atoms with Crippen LogP contribution < -0.4 is 5.32 Å². The van der Waals surface area contributed by atoms with Gasteiger partial charge in [0.25, 0.3) is 0 Å². The van der Waals surface area contributed by atoms with E-state index in [1.54, 1.807) is 52.8 Å². The average Bonchev–Trinajstić information content (AvgIpc) is 3.22. The number of carbonyl (C=O) groups is 6. The van der Waals surface area contributed by atoms with Crippen molar-refractivity contribution in [3.05, 3.63) is 47.0 Å². The summed E-state index contributed by atoms with van der Waals surface area (Å²) in [4.78, 5) is 85.5. The molecule has 2 saturated carbocycles. The molecule has 3 aliphatic carbocycles. The zero-order valence-corrected chi connectivity index (χ0v) is 39.9. The third kappa shape index (κ3) is 9.87. The van der Waals surface area contributed by atoms with E-state index in [2.05, 4.69) is 19.5 Å². The normalized spacial score (nSPS) is 33.0. The number of hydrogen-bond acceptors (Lipinski definition) is 16. The highest BCUT2D eigenvalue weighted by Crippen LogP contribution is 2.64. The van der Waals surface area contributed by atoms with Crippen LogP contribution in [0.3, 0.4) is 0 Å². The van der Waals surface area contributed by atoms with Crippen LogP contribution in [0, 0.1) is 16.7 Å². The fraction of sp³-hybridized carbons (Fsp3) is 0.702. The number of hydrogen-bond donors (Lipinski definition) is 4. The van der Waals surface area contributed by atoms with Gasteiger partial charge in [-0.05, 0) is 103 Å². The van der Waals surface area contributed by atoms with Gasteiger partial charge >= 0.3 is 30.0 Å². The third-order valence-electron chi connectivity index (χ3n) is 14.2. The van der Waals surface area contributed by atoms with Crippen LogP contribution in [0.1, 0.15) is 117 Å². The second kappa shape index (κ2) is 19.3. The molecule has 17 nitrogen and oxygen atoms in total. The number of piperidine rings is 1. The first-order chi connectivity index (χ1) is 30.4. The molecule has 2 aliphatic heterocycles. The van der Waals surface area contributed by atoms with Crippen LogP contribution in [0.2, 0.25) is 0 Å². The van der Waals surface area contributed by atoms with E-state index in [0.29, 0.717) is 12.8 Å². The highest BCUT2D eigenvalue weighted by atomic mass is 31.0. The van der Waals surface area contributed by atoms with Crippen LogP contribution in [0.4, 0.5) is 4.79 Å². The minimum Gasteiger partial charge on any atom is -0.455 e. The fourth-order valence-electron chi connectivity index (χ4n) is 10.8. The molecule has 4 fully saturated rings. The van der Waals surface area contributed by atoms with E-state index in [0.717, 1.165) is 39.4 Å². The Morgan fingerprint density at radius 2 is 1.66 bits per heavy atom. The van der Waals surface area contributed by atoms with Gasteiger partial charge < -0.3 is 54.0 Å². The monoisotopic (exact) mass is 930 g/mol. The zero-order chi connectivity index (χ0) is 47.9. The van der Waals surface area contributed by atoms with Gasteiger partial charge in [-0.25, -0.2) is 14.4 Å². The highest BCUT2D eigenvalue weighted by molar-refractivity contribution is 7.17. The number of carbonyl (C=O) groups excluding carboxylic acids is 6. The third-order valence-corrected chi connectivity index (χ3v) is 14.7. The molecule has 2 saturated heterocycles.